The summed E-state index contributed by atoms with van der Waals surface area (Å²) >= 11 is 0. The highest BCUT2D eigenvalue weighted by molar-refractivity contribution is 4.91. The topological polar surface area (TPSA) is 52.0 Å². The number of nitrogens with one attached hydrogen (secondary N) is 1. The Hall–Kier alpha value is -0.940. The number of aromatic nitrogens is 3. The molecule has 0 aliphatic heterocycles. The van der Waals surface area contributed by atoms with Gasteiger partial charge in [0.05, 0.1) is 12.3 Å². The molecule has 0 saturated heterocycles. The third-order valence-electron chi connectivity index (χ3n) is 2.37. The van der Waals surface area contributed by atoms with Gasteiger partial charge in [0, 0.05) is 32.9 Å². The summed E-state index contributed by atoms with van der Waals surface area (Å²) in [6, 6.07) is 0. The first-order valence-corrected chi connectivity index (χ1v) is 5.95. The van der Waals surface area contributed by atoms with Crippen LogP contribution in [-0.2, 0) is 17.8 Å². The van der Waals surface area contributed by atoms with Gasteiger partial charge in [-0.3, -0.25) is 4.68 Å². The predicted octanol–water partition coefficient (Wildman–Crippen LogP) is 1.20. The zero-order valence-corrected chi connectivity index (χ0v) is 10.3. The van der Waals surface area contributed by atoms with Crippen LogP contribution in [0.2, 0.25) is 0 Å². The van der Waals surface area contributed by atoms with Gasteiger partial charge in [-0.15, -0.1) is 5.10 Å². The van der Waals surface area contributed by atoms with Crippen LogP contribution in [0.25, 0.3) is 0 Å². The van der Waals surface area contributed by atoms with Crippen molar-refractivity contribution in [1.29, 1.82) is 0 Å². The van der Waals surface area contributed by atoms with E-state index in [-0.39, 0.29) is 0 Å². The van der Waals surface area contributed by atoms with E-state index in [1.165, 1.54) is 19.3 Å². The van der Waals surface area contributed by atoms with Crippen LogP contribution in [0.5, 0.6) is 0 Å². The van der Waals surface area contributed by atoms with Gasteiger partial charge in [0.15, 0.2) is 0 Å². The first-order valence-electron chi connectivity index (χ1n) is 5.95. The van der Waals surface area contributed by atoms with Crippen LogP contribution in [0.3, 0.4) is 0 Å². The van der Waals surface area contributed by atoms with Crippen LogP contribution in [-0.4, -0.2) is 35.3 Å². The van der Waals surface area contributed by atoms with Gasteiger partial charge in [0.1, 0.15) is 0 Å². The number of rotatable bonds is 9. The van der Waals surface area contributed by atoms with Crippen molar-refractivity contribution in [3.05, 3.63) is 11.9 Å². The lowest BCUT2D eigenvalue weighted by atomic mass is 10.2. The van der Waals surface area contributed by atoms with E-state index in [0.717, 1.165) is 31.9 Å². The first kappa shape index (κ1) is 13.1. The second kappa shape index (κ2) is 8.24. The smallest absolute Gasteiger partial charge is 0.0964 e. The summed E-state index contributed by atoms with van der Waals surface area (Å²) in [5.74, 6) is 0. The molecule has 0 fully saturated rings. The van der Waals surface area contributed by atoms with E-state index in [9.17, 15) is 0 Å². The molecule has 5 heteroatoms. The second-order valence-electron chi connectivity index (χ2n) is 3.85. The van der Waals surface area contributed by atoms with Gasteiger partial charge < -0.3 is 10.1 Å². The second-order valence-corrected chi connectivity index (χ2v) is 3.85. The molecule has 0 aliphatic rings. The minimum atomic E-state index is 0.727. The van der Waals surface area contributed by atoms with Gasteiger partial charge in [-0.05, 0) is 6.42 Å². The normalized spacial score (nSPS) is 10.9. The fourth-order valence-corrected chi connectivity index (χ4v) is 1.44. The lowest BCUT2D eigenvalue weighted by Crippen LogP contribution is -2.18. The summed E-state index contributed by atoms with van der Waals surface area (Å²) in [6.45, 7) is 5.51. The SMILES string of the molecule is CCCCCn1cc(CNCCOC)nn1. The van der Waals surface area contributed by atoms with Gasteiger partial charge in [0.2, 0.25) is 0 Å². The van der Waals surface area contributed by atoms with Gasteiger partial charge in [-0.1, -0.05) is 25.0 Å². The Kier molecular flexibility index (Phi) is 6.76. The lowest BCUT2D eigenvalue weighted by Gasteiger charge is -2.00. The molecule has 0 amide bonds. The summed E-state index contributed by atoms with van der Waals surface area (Å²) in [4.78, 5) is 0. The molecule has 0 atom stereocenters. The molecule has 1 heterocycles. The molecule has 0 unspecified atom stereocenters. The fourth-order valence-electron chi connectivity index (χ4n) is 1.44. The summed E-state index contributed by atoms with van der Waals surface area (Å²) in [5.41, 5.74) is 0.993. The largest absolute Gasteiger partial charge is 0.383 e. The van der Waals surface area contributed by atoms with Gasteiger partial charge >= 0.3 is 0 Å². The molecule has 0 radical (unpaired) electrons. The Labute approximate surface area is 97.2 Å². The van der Waals surface area contributed by atoms with Crippen LogP contribution in [0.4, 0.5) is 0 Å². The standard InChI is InChI=1S/C11H22N4O/c1-3-4-5-7-15-10-11(13-14-15)9-12-6-8-16-2/h10,12H,3-9H2,1-2H3. The molecule has 1 N–H and O–H groups in total. The van der Waals surface area contributed by atoms with Crippen molar-refractivity contribution in [2.45, 2.75) is 39.3 Å². The van der Waals surface area contributed by atoms with Crippen LogP contribution >= 0.6 is 0 Å². The third-order valence-corrected chi connectivity index (χ3v) is 2.37. The van der Waals surface area contributed by atoms with Crippen molar-refractivity contribution in [3.63, 3.8) is 0 Å². The zero-order valence-electron chi connectivity index (χ0n) is 10.3. The minimum absolute atomic E-state index is 0.727. The van der Waals surface area contributed by atoms with Crippen molar-refractivity contribution < 1.29 is 4.74 Å². The molecule has 5 nitrogen and oxygen atoms in total. The molecule has 0 aliphatic carbocycles. The van der Waals surface area contributed by atoms with Gasteiger partial charge in [-0.2, -0.15) is 0 Å². The molecule has 0 saturated carbocycles. The molecule has 92 valence electrons. The van der Waals surface area contributed by atoms with Crippen LogP contribution in [0.1, 0.15) is 31.9 Å². The molecular weight excluding hydrogens is 204 g/mol. The average molecular weight is 226 g/mol. The Balaban J connectivity index is 2.17. The number of hydrogen-bond acceptors (Lipinski definition) is 4. The molecule has 1 rings (SSSR count). The average Bonchev–Trinajstić information content (AvgIpc) is 2.73. The highest BCUT2D eigenvalue weighted by Gasteiger charge is 1.99. The van der Waals surface area contributed by atoms with Crippen LogP contribution in [0.15, 0.2) is 6.20 Å². The van der Waals surface area contributed by atoms with E-state index in [1.54, 1.807) is 7.11 Å². The van der Waals surface area contributed by atoms with E-state index in [2.05, 4.69) is 22.6 Å². The van der Waals surface area contributed by atoms with Crippen molar-refractivity contribution in [2.24, 2.45) is 0 Å². The van der Waals surface area contributed by atoms with Crippen LogP contribution < -0.4 is 5.32 Å². The quantitative estimate of drug-likeness (QED) is 0.643. The molecular formula is C11H22N4O. The van der Waals surface area contributed by atoms with E-state index >= 15 is 0 Å². The number of unbranched alkanes of at least 4 members (excludes halogenated alkanes) is 2. The minimum Gasteiger partial charge on any atom is -0.383 e. The van der Waals surface area contributed by atoms with Crippen LogP contribution in [0, 0.1) is 0 Å². The summed E-state index contributed by atoms with van der Waals surface area (Å²) < 4.78 is 6.87. The van der Waals surface area contributed by atoms with E-state index in [4.69, 9.17) is 4.74 Å². The number of ether oxygens (including phenoxy) is 1. The maximum atomic E-state index is 4.95. The molecule has 0 spiro atoms. The molecule has 0 aromatic carbocycles. The number of hydrogen-bond donors (Lipinski definition) is 1. The summed E-state index contributed by atoms with van der Waals surface area (Å²) in [7, 11) is 1.70. The Morgan fingerprint density at radius 1 is 1.44 bits per heavy atom. The monoisotopic (exact) mass is 226 g/mol. The Morgan fingerprint density at radius 2 is 2.31 bits per heavy atom. The van der Waals surface area contributed by atoms with E-state index in [1.807, 2.05) is 10.9 Å². The van der Waals surface area contributed by atoms with Gasteiger partial charge in [-0.25, -0.2) is 0 Å². The molecule has 0 bridgehead atoms. The van der Waals surface area contributed by atoms with Crippen molar-refractivity contribution in [2.75, 3.05) is 20.3 Å². The number of nitrogens with zero attached hydrogens (tertiary/aromatic N) is 3. The lowest BCUT2D eigenvalue weighted by molar-refractivity contribution is 0.199. The summed E-state index contributed by atoms with van der Waals surface area (Å²) in [6.07, 6.45) is 5.67. The maximum Gasteiger partial charge on any atom is 0.0964 e. The molecule has 1 aromatic heterocycles. The maximum absolute atomic E-state index is 4.95. The Morgan fingerprint density at radius 3 is 3.06 bits per heavy atom. The highest BCUT2D eigenvalue weighted by Crippen LogP contribution is 1.98. The molecule has 1 aromatic rings. The number of methoxy groups -OCH3 is 1. The summed E-state index contributed by atoms with van der Waals surface area (Å²) in [5, 5.41) is 11.4. The first-order chi connectivity index (χ1) is 7.86. The van der Waals surface area contributed by atoms with E-state index < -0.39 is 0 Å². The van der Waals surface area contributed by atoms with Crippen molar-refractivity contribution >= 4 is 0 Å². The zero-order chi connectivity index (χ0) is 11.6. The third kappa shape index (κ3) is 5.23. The predicted molar refractivity (Wildman–Crippen MR) is 63.1 cm³/mol. The van der Waals surface area contributed by atoms with E-state index in [0.29, 0.717) is 0 Å². The fraction of sp³-hybridized carbons (Fsp3) is 0.818. The van der Waals surface area contributed by atoms with Crippen molar-refractivity contribution in [3.8, 4) is 0 Å². The Bertz CT molecular complexity index is 275. The number of aryl methyl sites for hydroxylation is 1. The van der Waals surface area contributed by atoms with Gasteiger partial charge in [0.25, 0.3) is 0 Å². The van der Waals surface area contributed by atoms with Crippen molar-refractivity contribution in [1.82, 2.24) is 20.3 Å². The highest BCUT2D eigenvalue weighted by atomic mass is 16.5. The molecule has 16 heavy (non-hydrogen) atoms.